The molecule has 1 aliphatic rings. The molecule has 1 aliphatic carbocycles. The Morgan fingerprint density at radius 1 is 1.41 bits per heavy atom. The van der Waals surface area contributed by atoms with Gasteiger partial charge in [-0.05, 0) is 37.5 Å². The fraction of sp³-hybridized carbons (Fsp3) is 0.267. The van der Waals surface area contributed by atoms with Gasteiger partial charge in [-0.2, -0.15) is 0 Å². The Balaban J connectivity index is 1.62. The fourth-order valence-electron chi connectivity index (χ4n) is 2.38. The molecule has 1 aromatic carbocycles. The molecule has 7 heteroatoms. The molecule has 2 aromatic rings. The number of anilines is 1. The molecule has 1 amide bonds. The second-order valence-electron chi connectivity index (χ2n) is 5.00. The third kappa shape index (κ3) is 3.59. The molecule has 0 aliphatic heterocycles. The quantitative estimate of drug-likeness (QED) is 0.632. The molecule has 2 N–H and O–H groups in total. The molecule has 0 spiro atoms. The third-order valence-corrected chi connectivity index (χ3v) is 4.73. The summed E-state index contributed by atoms with van der Waals surface area (Å²) in [7, 11) is 0. The van der Waals surface area contributed by atoms with Gasteiger partial charge < -0.3 is 10.3 Å². The van der Waals surface area contributed by atoms with Gasteiger partial charge in [-0.15, -0.1) is 0 Å². The molecule has 0 bridgehead atoms. The zero-order valence-corrected chi connectivity index (χ0v) is 14.1. The van der Waals surface area contributed by atoms with E-state index in [1.54, 1.807) is 0 Å². The standard InChI is InChI=1S/C15H14BrN3O2S/c16-9-3-1-4-10(7-9)17-13(20)8-22-15-18-12-6-2-5-11(12)14(21)19-15/h1,3-4,7H,2,5-6,8H2,(H,17,20)(H,18,19,21). The lowest BCUT2D eigenvalue weighted by atomic mass is 10.3. The van der Waals surface area contributed by atoms with Crippen LogP contribution in [0.3, 0.4) is 0 Å². The zero-order chi connectivity index (χ0) is 15.5. The number of nitrogens with one attached hydrogen (secondary N) is 2. The number of hydrogen-bond donors (Lipinski definition) is 2. The van der Waals surface area contributed by atoms with Crippen molar-refractivity contribution >= 4 is 39.3 Å². The molecule has 0 atom stereocenters. The summed E-state index contributed by atoms with van der Waals surface area (Å²) in [4.78, 5) is 31.0. The Hall–Kier alpha value is -1.60. The molecule has 0 unspecified atom stereocenters. The van der Waals surface area contributed by atoms with E-state index in [9.17, 15) is 9.59 Å². The lowest BCUT2D eigenvalue weighted by Gasteiger charge is -2.06. The highest BCUT2D eigenvalue weighted by molar-refractivity contribution is 9.10. The van der Waals surface area contributed by atoms with Gasteiger partial charge in [0.25, 0.3) is 5.56 Å². The van der Waals surface area contributed by atoms with Gasteiger partial charge in [-0.3, -0.25) is 9.59 Å². The van der Waals surface area contributed by atoms with Crippen molar-refractivity contribution in [1.82, 2.24) is 9.97 Å². The first-order valence-electron chi connectivity index (χ1n) is 6.92. The molecule has 1 heterocycles. The number of amides is 1. The van der Waals surface area contributed by atoms with Gasteiger partial charge >= 0.3 is 0 Å². The lowest BCUT2D eigenvalue weighted by molar-refractivity contribution is -0.113. The van der Waals surface area contributed by atoms with Crippen LogP contribution in [0.4, 0.5) is 5.69 Å². The summed E-state index contributed by atoms with van der Waals surface area (Å²) in [6, 6.07) is 7.40. The highest BCUT2D eigenvalue weighted by atomic mass is 79.9. The van der Waals surface area contributed by atoms with E-state index in [4.69, 9.17) is 0 Å². The number of aromatic amines is 1. The summed E-state index contributed by atoms with van der Waals surface area (Å²) in [6.07, 6.45) is 2.62. The first-order chi connectivity index (χ1) is 10.6. The predicted molar refractivity (Wildman–Crippen MR) is 90.4 cm³/mol. The van der Waals surface area contributed by atoms with Crippen molar-refractivity contribution in [3.05, 3.63) is 50.3 Å². The molecule has 5 nitrogen and oxygen atoms in total. The topological polar surface area (TPSA) is 74.8 Å². The Morgan fingerprint density at radius 2 is 2.27 bits per heavy atom. The van der Waals surface area contributed by atoms with Crippen LogP contribution >= 0.6 is 27.7 Å². The second kappa shape index (κ2) is 6.66. The number of benzene rings is 1. The van der Waals surface area contributed by atoms with Crippen LogP contribution in [0.15, 0.2) is 38.7 Å². The first kappa shape index (κ1) is 15.3. The van der Waals surface area contributed by atoms with Crippen LogP contribution < -0.4 is 10.9 Å². The van der Waals surface area contributed by atoms with Crippen molar-refractivity contribution in [3.8, 4) is 0 Å². The molecule has 22 heavy (non-hydrogen) atoms. The largest absolute Gasteiger partial charge is 0.325 e. The molecule has 3 rings (SSSR count). The van der Waals surface area contributed by atoms with E-state index in [2.05, 4.69) is 31.2 Å². The van der Waals surface area contributed by atoms with Crippen LogP contribution in [0.1, 0.15) is 17.7 Å². The highest BCUT2D eigenvalue weighted by Crippen LogP contribution is 2.20. The molecule has 0 radical (unpaired) electrons. The molecule has 114 valence electrons. The van der Waals surface area contributed by atoms with E-state index >= 15 is 0 Å². The number of thioether (sulfide) groups is 1. The number of H-pyrrole nitrogens is 1. The number of hydrogen-bond acceptors (Lipinski definition) is 4. The smallest absolute Gasteiger partial charge is 0.254 e. The summed E-state index contributed by atoms with van der Waals surface area (Å²) >= 11 is 4.60. The summed E-state index contributed by atoms with van der Waals surface area (Å²) in [5.41, 5.74) is 2.33. The average molecular weight is 380 g/mol. The number of halogens is 1. The first-order valence-corrected chi connectivity index (χ1v) is 8.70. The highest BCUT2D eigenvalue weighted by Gasteiger charge is 2.17. The minimum absolute atomic E-state index is 0.0719. The van der Waals surface area contributed by atoms with Gasteiger partial charge in [0.2, 0.25) is 5.91 Å². The number of rotatable bonds is 4. The molecule has 0 saturated carbocycles. The van der Waals surface area contributed by atoms with Crippen LogP contribution in [0.5, 0.6) is 0 Å². The van der Waals surface area contributed by atoms with Crippen LogP contribution in [-0.4, -0.2) is 21.6 Å². The monoisotopic (exact) mass is 379 g/mol. The van der Waals surface area contributed by atoms with E-state index in [0.29, 0.717) is 5.16 Å². The van der Waals surface area contributed by atoms with Crippen molar-refractivity contribution in [1.29, 1.82) is 0 Å². The SMILES string of the molecule is O=C(CSc1nc2c(c(=O)[nH]1)CCC2)Nc1cccc(Br)c1. The van der Waals surface area contributed by atoms with Gasteiger partial charge in [0.15, 0.2) is 5.16 Å². The van der Waals surface area contributed by atoms with Crippen LogP contribution in [-0.2, 0) is 17.6 Å². The Labute approximate surface area is 140 Å². The summed E-state index contributed by atoms with van der Waals surface area (Å²) < 4.78 is 0.905. The van der Waals surface area contributed by atoms with Gasteiger partial charge in [0, 0.05) is 15.7 Å². The molecule has 0 saturated heterocycles. The zero-order valence-electron chi connectivity index (χ0n) is 11.7. The minimum atomic E-state index is -0.133. The summed E-state index contributed by atoms with van der Waals surface area (Å²) in [5.74, 6) is 0.0695. The summed E-state index contributed by atoms with van der Waals surface area (Å²) in [6.45, 7) is 0. The third-order valence-electron chi connectivity index (χ3n) is 3.37. The Kier molecular flexibility index (Phi) is 4.63. The van der Waals surface area contributed by atoms with Crippen LogP contribution in [0.25, 0.3) is 0 Å². The maximum atomic E-state index is 11.9. The Bertz CT molecular complexity index is 776. The normalized spacial score (nSPS) is 13.0. The Morgan fingerprint density at radius 3 is 3.09 bits per heavy atom. The van der Waals surface area contributed by atoms with E-state index in [1.165, 1.54) is 11.8 Å². The van der Waals surface area contributed by atoms with Crippen LogP contribution in [0, 0.1) is 0 Å². The molecule has 1 aromatic heterocycles. The molecular weight excluding hydrogens is 366 g/mol. The summed E-state index contributed by atoms with van der Waals surface area (Å²) in [5, 5.41) is 3.32. The molecular formula is C15H14BrN3O2S. The van der Waals surface area contributed by atoms with Crippen LogP contribution in [0.2, 0.25) is 0 Å². The van der Waals surface area contributed by atoms with Crippen molar-refractivity contribution in [2.24, 2.45) is 0 Å². The average Bonchev–Trinajstić information content (AvgIpc) is 2.94. The van der Waals surface area contributed by atoms with Gasteiger partial charge in [-0.25, -0.2) is 4.98 Å². The number of carbonyl (C=O) groups is 1. The number of carbonyl (C=O) groups excluding carboxylic acids is 1. The lowest BCUT2D eigenvalue weighted by Crippen LogP contribution is -2.17. The fourth-order valence-corrected chi connectivity index (χ4v) is 3.46. The number of nitrogens with zero attached hydrogens (tertiary/aromatic N) is 1. The van der Waals surface area contributed by atoms with E-state index in [1.807, 2.05) is 24.3 Å². The van der Waals surface area contributed by atoms with Crippen molar-refractivity contribution in [3.63, 3.8) is 0 Å². The van der Waals surface area contributed by atoms with Crippen molar-refractivity contribution < 1.29 is 4.79 Å². The van der Waals surface area contributed by atoms with Crippen molar-refractivity contribution in [2.45, 2.75) is 24.4 Å². The van der Waals surface area contributed by atoms with E-state index in [0.717, 1.165) is 40.7 Å². The molecule has 0 fully saturated rings. The number of aryl methyl sites for hydroxylation is 1. The minimum Gasteiger partial charge on any atom is -0.325 e. The van der Waals surface area contributed by atoms with E-state index < -0.39 is 0 Å². The van der Waals surface area contributed by atoms with Gasteiger partial charge in [-0.1, -0.05) is 33.8 Å². The predicted octanol–water partition coefficient (Wildman–Crippen LogP) is 2.75. The maximum Gasteiger partial charge on any atom is 0.254 e. The maximum absolute atomic E-state index is 11.9. The van der Waals surface area contributed by atoms with Gasteiger partial charge in [0.1, 0.15) is 0 Å². The van der Waals surface area contributed by atoms with E-state index in [-0.39, 0.29) is 17.2 Å². The number of aromatic nitrogens is 2. The number of fused-ring (bicyclic) bond motifs is 1. The van der Waals surface area contributed by atoms with Gasteiger partial charge in [0.05, 0.1) is 11.4 Å². The van der Waals surface area contributed by atoms with Crippen molar-refractivity contribution in [2.75, 3.05) is 11.1 Å². The second-order valence-corrected chi connectivity index (χ2v) is 6.88.